The monoisotopic (exact) mass is 476 g/mol. The molecule has 35 heavy (non-hydrogen) atoms. The Hall–Kier alpha value is -4.53. The fraction of sp³-hybridized carbons (Fsp3) is 0.208. The number of nitriles is 1. The molecule has 4 rings (SSSR count). The van der Waals surface area contributed by atoms with E-state index < -0.39 is 48.3 Å². The predicted molar refractivity (Wildman–Crippen MR) is 120 cm³/mol. The van der Waals surface area contributed by atoms with Crippen LogP contribution in [-0.2, 0) is 19.9 Å². The van der Waals surface area contributed by atoms with Crippen molar-refractivity contribution >= 4 is 17.8 Å². The lowest BCUT2D eigenvalue weighted by atomic mass is 10.0. The molecule has 2 heterocycles. The molecule has 4 atom stereocenters. The maximum absolute atomic E-state index is 12.7. The highest BCUT2D eigenvalue weighted by Crippen LogP contribution is 2.37. The average molecular weight is 476 g/mol. The zero-order valence-electron chi connectivity index (χ0n) is 18.2. The Bertz CT molecular complexity index is 1320. The summed E-state index contributed by atoms with van der Waals surface area (Å²) >= 11 is 0. The van der Waals surface area contributed by atoms with Crippen LogP contribution in [0.3, 0.4) is 0 Å². The Morgan fingerprint density at radius 1 is 1.09 bits per heavy atom. The van der Waals surface area contributed by atoms with Gasteiger partial charge in [-0.1, -0.05) is 36.4 Å². The van der Waals surface area contributed by atoms with E-state index in [0.29, 0.717) is 0 Å². The van der Waals surface area contributed by atoms with Gasteiger partial charge in [-0.15, -0.1) is 0 Å². The first-order valence-corrected chi connectivity index (χ1v) is 10.5. The minimum atomic E-state index is -2.33. The van der Waals surface area contributed by atoms with Crippen LogP contribution in [0.5, 0.6) is 0 Å². The van der Waals surface area contributed by atoms with E-state index in [2.05, 4.69) is 4.98 Å². The quantitative estimate of drug-likeness (QED) is 0.487. The molecule has 2 aromatic carbocycles. The molecule has 0 bridgehead atoms. The van der Waals surface area contributed by atoms with Crippen molar-refractivity contribution in [2.75, 3.05) is 12.3 Å². The molecule has 3 aromatic rings. The number of benzene rings is 2. The van der Waals surface area contributed by atoms with Crippen molar-refractivity contribution in [2.45, 2.75) is 24.0 Å². The van der Waals surface area contributed by atoms with Crippen molar-refractivity contribution < 1.29 is 28.9 Å². The highest BCUT2D eigenvalue weighted by atomic mass is 16.6. The summed E-state index contributed by atoms with van der Waals surface area (Å²) < 4.78 is 17.3. The largest absolute Gasteiger partial charge is 0.459 e. The van der Waals surface area contributed by atoms with Gasteiger partial charge in [-0.05, 0) is 30.3 Å². The van der Waals surface area contributed by atoms with Crippen LogP contribution in [0.15, 0.2) is 77.7 Å². The number of carbonyl (C=O) groups is 2. The molecular weight excluding hydrogens is 456 g/mol. The zero-order valence-corrected chi connectivity index (χ0v) is 18.2. The van der Waals surface area contributed by atoms with E-state index in [4.69, 9.17) is 19.9 Å². The predicted octanol–water partition coefficient (Wildman–Crippen LogP) is 0.844. The van der Waals surface area contributed by atoms with E-state index in [1.54, 1.807) is 54.6 Å². The van der Waals surface area contributed by atoms with Gasteiger partial charge in [-0.2, -0.15) is 10.2 Å². The molecule has 178 valence electrons. The smallest absolute Gasteiger partial charge is 0.352 e. The molecule has 0 spiro atoms. The van der Waals surface area contributed by atoms with Gasteiger partial charge in [0.25, 0.3) is 5.72 Å². The normalized spacial score (nSPS) is 23.3. The molecular formula is C24H20N4O7. The third kappa shape index (κ3) is 4.61. The Balaban J connectivity index is 1.65. The van der Waals surface area contributed by atoms with Crippen LogP contribution in [0.2, 0.25) is 0 Å². The van der Waals surface area contributed by atoms with Crippen molar-refractivity contribution in [3.63, 3.8) is 0 Å². The van der Waals surface area contributed by atoms with Crippen molar-refractivity contribution in [1.82, 2.24) is 9.55 Å². The minimum Gasteiger partial charge on any atom is -0.459 e. The third-order valence-corrected chi connectivity index (χ3v) is 5.39. The van der Waals surface area contributed by atoms with Crippen LogP contribution < -0.4 is 11.4 Å². The summed E-state index contributed by atoms with van der Waals surface area (Å²) in [5.74, 6) is -1.61. The topological polar surface area (TPSA) is 167 Å². The number of rotatable bonds is 6. The molecule has 1 aliphatic heterocycles. The number of aliphatic hydroxyl groups is 1. The van der Waals surface area contributed by atoms with Gasteiger partial charge in [-0.25, -0.2) is 14.4 Å². The fourth-order valence-electron chi connectivity index (χ4n) is 3.66. The van der Waals surface area contributed by atoms with E-state index in [1.165, 1.54) is 18.2 Å². The summed E-state index contributed by atoms with van der Waals surface area (Å²) in [5, 5.41) is 21.1. The number of nitrogens with zero attached hydrogens (tertiary/aromatic N) is 3. The molecule has 1 fully saturated rings. The maximum atomic E-state index is 12.7. The van der Waals surface area contributed by atoms with Crippen molar-refractivity contribution in [3.8, 4) is 6.07 Å². The number of nitrogen functional groups attached to an aromatic ring is 1. The molecule has 11 nitrogen and oxygen atoms in total. The molecule has 0 saturated carbocycles. The number of ether oxygens (including phenoxy) is 3. The summed E-state index contributed by atoms with van der Waals surface area (Å²) in [5.41, 5.74) is 2.67. The van der Waals surface area contributed by atoms with E-state index in [0.717, 1.165) is 10.8 Å². The van der Waals surface area contributed by atoms with Gasteiger partial charge in [0.2, 0.25) is 0 Å². The lowest BCUT2D eigenvalue weighted by Crippen LogP contribution is -2.50. The zero-order chi connectivity index (χ0) is 25.0. The maximum Gasteiger partial charge on any atom is 0.352 e. The van der Waals surface area contributed by atoms with Crippen molar-refractivity contribution in [2.24, 2.45) is 0 Å². The van der Waals surface area contributed by atoms with Gasteiger partial charge < -0.3 is 25.1 Å². The molecule has 1 aliphatic rings. The van der Waals surface area contributed by atoms with E-state index in [1.807, 2.05) is 0 Å². The number of hydrogen-bond donors (Lipinski definition) is 2. The van der Waals surface area contributed by atoms with Crippen LogP contribution in [0.4, 0.5) is 5.82 Å². The van der Waals surface area contributed by atoms with Crippen molar-refractivity contribution in [3.05, 3.63) is 94.5 Å². The van der Waals surface area contributed by atoms with Crippen molar-refractivity contribution in [1.29, 1.82) is 5.26 Å². The second-order valence-corrected chi connectivity index (χ2v) is 7.61. The first kappa shape index (κ1) is 23.6. The van der Waals surface area contributed by atoms with E-state index in [9.17, 15) is 24.8 Å². The summed E-state index contributed by atoms with van der Waals surface area (Å²) in [7, 11) is 0. The van der Waals surface area contributed by atoms with Gasteiger partial charge in [-0.3, -0.25) is 4.57 Å². The Morgan fingerprint density at radius 3 is 2.26 bits per heavy atom. The Morgan fingerprint density at radius 2 is 1.69 bits per heavy atom. The number of anilines is 1. The van der Waals surface area contributed by atoms with Crippen LogP contribution in [0.25, 0.3) is 0 Å². The summed E-state index contributed by atoms with van der Waals surface area (Å²) in [4.78, 5) is 41.2. The van der Waals surface area contributed by atoms with Crippen LogP contribution in [0.1, 0.15) is 20.7 Å². The fourth-order valence-corrected chi connectivity index (χ4v) is 3.66. The third-order valence-electron chi connectivity index (χ3n) is 5.39. The minimum absolute atomic E-state index is 0.104. The number of aromatic nitrogens is 2. The summed E-state index contributed by atoms with van der Waals surface area (Å²) in [6.07, 6.45) is -3.49. The number of esters is 2. The number of nitrogens with two attached hydrogens (primary N) is 1. The van der Waals surface area contributed by atoms with Crippen LogP contribution in [0, 0.1) is 11.3 Å². The Labute approximate surface area is 198 Å². The lowest BCUT2D eigenvalue weighted by molar-refractivity contribution is -0.110. The summed E-state index contributed by atoms with van der Waals surface area (Å²) in [6.45, 7) is -0.488. The van der Waals surface area contributed by atoms with Gasteiger partial charge >= 0.3 is 17.6 Å². The van der Waals surface area contributed by atoms with Crippen LogP contribution in [-0.4, -0.2) is 51.5 Å². The highest BCUT2D eigenvalue weighted by molar-refractivity contribution is 5.90. The van der Waals surface area contributed by atoms with E-state index in [-0.39, 0.29) is 16.9 Å². The molecule has 4 unspecified atom stereocenters. The molecule has 1 saturated heterocycles. The van der Waals surface area contributed by atoms with Gasteiger partial charge in [0.15, 0.2) is 12.2 Å². The Kier molecular flexibility index (Phi) is 6.59. The second-order valence-electron chi connectivity index (χ2n) is 7.61. The molecule has 3 N–H and O–H groups in total. The first-order chi connectivity index (χ1) is 16.9. The highest BCUT2D eigenvalue weighted by Gasteiger charge is 2.59. The molecule has 1 aromatic heterocycles. The van der Waals surface area contributed by atoms with Gasteiger partial charge in [0.05, 0.1) is 11.1 Å². The van der Waals surface area contributed by atoms with Crippen LogP contribution >= 0.6 is 0 Å². The number of aliphatic hydroxyl groups excluding tert-OH is 1. The number of carbonyl (C=O) groups excluding carboxylic acids is 2. The molecule has 0 aliphatic carbocycles. The standard InChI is InChI=1S/C24H20N4O7/c25-14-24(28-12-11-18(26)27-23(28)32)20(29)19(34-22(31)16-9-5-2-6-10-16)17(35-24)13-33-21(30)15-7-3-1-4-8-15/h1-12,17,19-20,29H,13H2,(H2,26,27,32). The lowest BCUT2D eigenvalue weighted by Gasteiger charge is -2.26. The molecule has 0 amide bonds. The second kappa shape index (κ2) is 9.76. The van der Waals surface area contributed by atoms with Gasteiger partial charge in [0, 0.05) is 6.20 Å². The van der Waals surface area contributed by atoms with E-state index >= 15 is 0 Å². The van der Waals surface area contributed by atoms with Gasteiger partial charge in [0.1, 0.15) is 24.6 Å². The SMILES string of the molecule is N#CC1(n2ccc(N)nc2=O)OC(COC(=O)c2ccccc2)C(OC(=O)c2ccccc2)C1O. The molecule has 0 radical (unpaired) electrons. The number of hydrogen-bond acceptors (Lipinski definition) is 10. The summed E-state index contributed by atoms with van der Waals surface area (Å²) in [6, 6.07) is 19.1. The first-order valence-electron chi connectivity index (χ1n) is 10.5. The molecule has 11 heteroatoms. The average Bonchev–Trinajstić information content (AvgIpc) is 3.14.